The van der Waals surface area contributed by atoms with Crippen molar-refractivity contribution in [3.05, 3.63) is 47.8 Å². The molecule has 0 spiro atoms. The summed E-state index contributed by atoms with van der Waals surface area (Å²) in [6.45, 7) is 0.996. The van der Waals surface area contributed by atoms with Gasteiger partial charge >= 0.3 is 6.11 Å². The lowest BCUT2D eigenvalue weighted by Crippen LogP contribution is -2.14. The molecule has 6 heteroatoms. The van der Waals surface area contributed by atoms with Gasteiger partial charge in [0, 0.05) is 6.92 Å². The van der Waals surface area contributed by atoms with E-state index >= 15 is 0 Å². The van der Waals surface area contributed by atoms with E-state index in [0.717, 1.165) is 5.56 Å². The van der Waals surface area contributed by atoms with Gasteiger partial charge in [0.2, 0.25) is 0 Å². The molecular formula is C12H13F2N3O. The minimum atomic E-state index is -3.15. The average Bonchev–Trinajstić information content (AvgIpc) is 2.75. The molecule has 4 nitrogen and oxygen atoms in total. The molecule has 0 aliphatic heterocycles. The fourth-order valence-electron chi connectivity index (χ4n) is 1.45. The molecule has 18 heavy (non-hydrogen) atoms. The van der Waals surface area contributed by atoms with E-state index in [-0.39, 0.29) is 6.61 Å². The van der Waals surface area contributed by atoms with E-state index in [9.17, 15) is 8.78 Å². The number of hydrogen-bond acceptors (Lipinski definition) is 3. The van der Waals surface area contributed by atoms with Crippen LogP contribution in [0.2, 0.25) is 0 Å². The number of benzene rings is 1. The number of ether oxygens (including phenoxy) is 1. The number of hydrogen-bond donors (Lipinski definition) is 0. The first-order valence-electron chi connectivity index (χ1n) is 5.48. The number of alkyl halides is 2. The van der Waals surface area contributed by atoms with Crippen molar-refractivity contribution in [2.75, 3.05) is 0 Å². The fraction of sp³-hybridized carbons (Fsp3) is 0.333. The van der Waals surface area contributed by atoms with Gasteiger partial charge < -0.3 is 4.74 Å². The van der Waals surface area contributed by atoms with E-state index < -0.39 is 6.11 Å². The summed E-state index contributed by atoms with van der Waals surface area (Å²) in [5.74, 6) is 0. The average molecular weight is 253 g/mol. The monoisotopic (exact) mass is 253 g/mol. The molecule has 0 saturated carbocycles. The Bertz CT molecular complexity index is 494. The van der Waals surface area contributed by atoms with Crippen LogP contribution in [0.5, 0.6) is 0 Å². The van der Waals surface area contributed by atoms with Crippen molar-refractivity contribution in [1.82, 2.24) is 15.0 Å². The van der Waals surface area contributed by atoms with Crippen LogP contribution in [0.1, 0.15) is 18.2 Å². The number of nitrogens with zero attached hydrogens (tertiary/aromatic N) is 3. The highest BCUT2D eigenvalue weighted by Crippen LogP contribution is 2.15. The van der Waals surface area contributed by atoms with Crippen molar-refractivity contribution in [1.29, 1.82) is 0 Å². The zero-order chi connectivity index (χ0) is 13.0. The first-order valence-corrected chi connectivity index (χ1v) is 5.48. The molecular weight excluding hydrogens is 240 g/mol. The first-order chi connectivity index (χ1) is 8.53. The molecule has 0 saturated heterocycles. The summed E-state index contributed by atoms with van der Waals surface area (Å²) >= 11 is 0. The lowest BCUT2D eigenvalue weighted by molar-refractivity contribution is -0.231. The molecule has 1 heterocycles. The molecule has 0 aliphatic rings. The summed E-state index contributed by atoms with van der Waals surface area (Å²) in [6.07, 6.45) is -1.55. The summed E-state index contributed by atoms with van der Waals surface area (Å²) in [7, 11) is 0. The van der Waals surface area contributed by atoms with Gasteiger partial charge in [0.25, 0.3) is 0 Å². The Morgan fingerprint density at radius 3 is 2.67 bits per heavy atom. The second kappa shape index (κ2) is 5.22. The number of halogens is 2. The SMILES string of the molecule is CC(F)(F)OCc1cn(Cc2ccccc2)nn1. The Balaban J connectivity index is 1.94. The molecule has 2 rings (SSSR count). The smallest absolute Gasteiger partial charge is 0.314 e. The maximum Gasteiger partial charge on any atom is 0.353 e. The number of aromatic nitrogens is 3. The molecule has 0 N–H and O–H groups in total. The lowest BCUT2D eigenvalue weighted by Gasteiger charge is -2.08. The third-order valence-corrected chi connectivity index (χ3v) is 2.25. The van der Waals surface area contributed by atoms with Crippen LogP contribution in [-0.2, 0) is 17.9 Å². The maximum absolute atomic E-state index is 12.5. The second-order valence-electron chi connectivity index (χ2n) is 3.99. The topological polar surface area (TPSA) is 39.9 Å². The Morgan fingerprint density at radius 2 is 2.00 bits per heavy atom. The summed E-state index contributed by atoms with van der Waals surface area (Å²) in [5.41, 5.74) is 1.45. The van der Waals surface area contributed by atoms with Crippen molar-refractivity contribution >= 4 is 0 Å². The van der Waals surface area contributed by atoms with E-state index in [0.29, 0.717) is 19.2 Å². The minimum Gasteiger partial charge on any atom is -0.314 e. The lowest BCUT2D eigenvalue weighted by atomic mass is 10.2. The van der Waals surface area contributed by atoms with E-state index in [4.69, 9.17) is 0 Å². The van der Waals surface area contributed by atoms with Gasteiger partial charge in [-0.15, -0.1) is 5.10 Å². The quantitative estimate of drug-likeness (QED) is 0.821. The predicted molar refractivity (Wildman–Crippen MR) is 61.0 cm³/mol. The highest BCUT2D eigenvalue weighted by atomic mass is 19.3. The van der Waals surface area contributed by atoms with Gasteiger partial charge in [-0.25, -0.2) is 4.68 Å². The van der Waals surface area contributed by atoms with Gasteiger partial charge in [0.1, 0.15) is 5.69 Å². The van der Waals surface area contributed by atoms with Crippen molar-refractivity contribution < 1.29 is 13.5 Å². The van der Waals surface area contributed by atoms with Crippen LogP contribution in [0.25, 0.3) is 0 Å². The normalized spacial score (nSPS) is 11.7. The first kappa shape index (κ1) is 12.6. The summed E-state index contributed by atoms with van der Waals surface area (Å²) in [5, 5.41) is 7.62. The van der Waals surface area contributed by atoms with Crippen molar-refractivity contribution in [2.45, 2.75) is 26.2 Å². The Hall–Kier alpha value is -1.82. The van der Waals surface area contributed by atoms with E-state index in [1.807, 2.05) is 30.3 Å². The van der Waals surface area contributed by atoms with Crippen LogP contribution < -0.4 is 0 Å². The largest absolute Gasteiger partial charge is 0.353 e. The van der Waals surface area contributed by atoms with Crippen LogP contribution in [0, 0.1) is 0 Å². The Kier molecular flexibility index (Phi) is 3.66. The molecule has 0 fully saturated rings. The van der Waals surface area contributed by atoms with Gasteiger partial charge in [-0.1, -0.05) is 35.5 Å². The summed E-state index contributed by atoms with van der Waals surface area (Å²) in [6, 6.07) is 9.69. The molecule has 0 amide bonds. The molecule has 2 aromatic rings. The Labute approximate surface area is 103 Å². The van der Waals surface area contributed by atoms with Gasteiger partial charge in [0.15, 0.2) is 0 Å². The molecule has 0 unspecified atom stereocenters. The van der Waals surface area contributed by atoms with Gasteiger partial charge in [-0.05, 0) is 5.56 Å². The van der Waals surface area contributed by atoms with Crippen molar-refractivity contribution in [3.8, 4) is 0 Å². The highest BCUT2D eigenvalue weighted by molar-refractivity contribution is 5.14. The molecule has 0 radical (unpaired) electrons. The van der Waals surface area contributed by atoms with E-state index in [1.54, 1.807) is 10.9 Å². The zero-order valence-electron chi connectivity index (χ0n) is 9.88. The van der Waals surface area contributed by atoms with Crippen LogP contribution in [0.4, 0.5) is 8.78 Å². The van der Waals surface area contributed by atoms with Crippen LogP contribution in [0.15, 0.2) is 36.5 Å². The third kappa shape index (κ3) is 3.89. The van der Waals surface area contributed by atoms with E-state index in [1.165, 1.54) is 0 Å². The fourth-order valence-corrected chi connectivity index (χ4v) is 1.45. The van der Waals surface area contributed by atoms with Crippen LogP contribution >= 0.6 is 0 Å². The predicted octanol–water partition coefficient (Wildman–Crippen LogP) is 2.46. The van der Waals surface area contributed by atoms with Gasteiger partial charge in [-0.2, -0.15) is 8.78 Å². The minimum absolute atomic E-state index is 0.252. The molecule has 96 valence electrons. The van der Waals surface area contributed by atoms with Crippen molar-refractivity contribution in [2.24, 2.45) is 0 Å². The third-order valence-electron chi connectivity index (χ3n) is 2.25. The molecule has 0 bridgehead atoms. The standard InChI is InChI=1S/C12H13F2N3O/c1-12(13,14)18-9-11-8-17(16-15-11)7-10-5-3-2-4-6-10/h2-6,8H,7,9H2,1H3. The van der Waals surface area contributed by atoms with Gasteiger partial charge in [-0.3, -0.25) is 0 Å². The molecule has 0 atom stereocenters. The van der Waals surface area contributed by atoms with Crippen LogP contribution in [-0.4, -0.2) is 21.1 Å². The van der Waals surface area contributed by atoms with E-state index in [2.05, 4.69) is 15.0 Å². The van der Waals surface area contributed by atoms with Crippen LogP contribution in [0.3, 0.4) is 0 Å². The second-order valence-corrected chi connectivity index (χ2v) is 3.99. The van der Waals surface area contributed by atoms with Gasteiger partial charge in [0.05, 0.1) is 19.3 Å². The summed E-state index contributed by atoms with van der Waals surface area (Å²) < 4.78 is 30.9. The molecule has 1 aromatic carbocycles. The molecule has 1 aromatic heterocycles. The zero-order valence-corrected chi connectivity index (χ0v) is 9.88. The van der Waals surface area contributed by atoms with Crippen molar-refractivity contribution in [3.63, 3.8) is 0 Å². The maximum atomic E-state index is 12.5. The highest BCUT2D eigenvalue weighted by Gasteiger charge is 2.22. The molecule has 0 aliphatic carbocycles. The Morgan fingerprint density at radius 1 is 1.28 bits per heavy atom. The summed E-state index contributed by atoms with van der Waals surface area (Å²) in [4.78, 5) is 0. The number of rotatable bonds is 5.